The molecule has 4 rings (SSSR count). The molecule has 2 atom stereocenters. The molecule has 2 aromatic rings. The first-order valence-electron chi connectivity index (χ1n) is 12.8. The van der Waals surface area contributed by atoms with Gasteiger partial charge in [0.1, 0.15) is 36.9 Å². The van der Waals surface area contributed by atoms with Crippen LogP contribution in [0.3, 0.4) is 0 Å². The Labute approximate surface area is 199 Å². The molecule has 2 aliphatic rings. The summed E-state index contributed by atoms with van der Waals surface area (Å²) in [5, 5.41) is 0. The lowest BCUT2D eigenvalue weighted by Crippen LogP contribution is -2.20. The number of unbranched alkanes of at least 4 members (excludes halogenated alkanes) is 2. The normalized spacial score (nSPS) is 19.4. The lowest BCUT2D eigenvalue weighted by Gasteiger charge is -2.28. The molecule has 0 aromatic heterocycles. The third-order valence-electron chi connectivity index (χ3n) is 6.82. The van der Waals surface area contributed by atoms with Crippen LogP contribution in [-0.4, -0.2) is 38.6 Å². The molecule has 0 bridgehead atoms. The molecule has 0 amide bonds. The highest BCUT2D eigenvalue weighted by Crippen LogP contribution is 2.37. The van der Waals surface area contributed by atoms with Gasteiger partial charge in [-0.1, -0.05) is 64.8 Å². The molecule has 2 aromatic carbocycles. The molecular weight excluding hydrogens is 412 g/mol. The molecule has 4 heteroatoms. The van der Waals surface area contributed by atoms with E-state index in [0.717, 1.165) is 50.4 Å². The maximum Gasteiger partial charge on any atom is 0.122 e. The predicted octanol–water partition coefficient (Wildman–Crippen LogP) is 6.25. The van der Waals surface area contributed by atoms with Gasteiger partial charge in [-0.05, 0) is 60.1 Å². The minimum Gasteiger partial charge on any atom is -0.491 e. The SMILES string of the molecule is CCCCc1cc(C(C)(C)c2ccc(OCC3CO3)c(CCCC)c2)ccc1OCC1CO1. The molecule has 4 nitrogen and oxygen atoms in total. The summed E-state index contributed by atoms with van der Waals surface area (Å²) in [7, 11) is 0. The van der Waals surface area contributed by atoms with Crippen molar-refractivity contribution in [3.8, 4) is 11.5 Å². The standard InChI is InChI=1S/C29H40O4/c1-5-7-9-21-15-23(11-13-27(21)32-19-25-17-30-25)29(3,4)24-12-14-28(33-20-26-18-31-26)22(16-24)10-8-6-2/h11-16,25-26H,5-10,17-20H2,1-4H3. The van der Waals surface area contributed by atoms with Gasteiger partial charge in [-0.2, -0.15) is 0 Å². The van der Waals surface area contributed by atoms with Crippen molar-refractivity contribution in [2.45, 2.75) is 83.8 Å². The van der Waals surface area contributed by atoms with Gasteiger partial charge >= 0.3 is 0 Å². The van der Waals surface area contributed by atoms with E-state index in [0.29, 0.717) is 13.2 Å². The molecular formula is C29H40O4. The summed E-state index contributed by atoms with van der Waals surface area (Å²) in [5.41, 5.74) is 5.14. The molecule has 33 heavy (non-hydrogen) atoms. The lowest BCUT2D eigenvalue weighted by molar-refractivity contribution is 0.260. The zero-order chi connectivity index (χ0) is 23.3. The van der Waals surface area contributed by atoms with Gasteiger partial charge < -0.3 is 18.9 Å². The Morgan fingerprint density at radius 2 is 1.18 bits per heavy atom. The topological polar surface area (TPSA) is 43.5 Å². The first-order valence-corrected chi connectivity index (χ1v) is 12.8. The Hall–Kier alpha value is -2.04. The number of hydrogen-bond acceptors (Lipinski definition) is 4. The van der Waals surface area contributed by atoms with E-state index < -0.39 is 0 Å². The number of benzene rings is 2. The second-order valence-electron chi connectivity index (χ2n) is 10.0. The van der Waals surface area contributed by atoms with Crippen LogP contribution in [0.15, 0.2) is 36.4 Å². The molecule has 2 fully saturated rings. The van der Waals surface area contributed by atoms with E-state index in [1.54, 1.807) is 0 Å². The van der Waals surface area contributed by atoms with E-state index in [4.69, 9.17) is 18.9 Å². The maximum atomic E-state index is 6.11. The van der Waals surface area contributed by atoms with Crippen LogP contribution in [0.2, 0.25) is 0 Å². The van der Waals surface area contributed by atoms with E-state index >= 15 is 0 Å². The molecule has 2 aliphatic heterocycles. The van der Waals surface area contributed by atoms with Gasteiger partial charge in [0, 0.05) is 5.41 Å². The molecule has 0 spiro atoms. The van der Waals surface area contributed by atoms with Crippen molar-refractivity contribution < 1.29 is 18.9 Å². The van der Waals surface area contributed by atoms with Gasteiger partial charge in [-0.25, -0.2) is 0 Å². The molecule has 0 aliphatic carbocycles. The van der Waals surface area contributed by atoms with E-state index in [-0.39, 0.29) is 17.6 Å². The van der Waals surface area contributed by atoms with Crippen molar-refractivity contribution in [1.29, 1.82) is 0 Å². The Morgan fingerprint density at radius 3 is 1.55 bits per heavy atom. The zero-order valence-electron chi connectivity index (χ0n) is 20.8. The predicted molar refractivity (Wildman–Crippen MR) is 133 cm³/mol. The van der Waals surface area contributed by atoms with Crippen LogP contribution in [0.5, 0.6) is 11.5 Å². The minimum atomic E-state index is -0.113. The van der Waals surface area contributed by atoms with Gasteiger partial charge in [-0.15, -0.1) is 0 Å². The quantitative estimate of drug-likeness (QED) is 0.318. The van der Waals surface area contributed by atoms with Crippen molar-refractivity contribution in [2.24, 2.45) is 0 Å². The average molecular weight is 453 g/mol. The second kappa shape index (κ2) is 10.9. The van der Waals surface area contributed by atoms with Gasteiger partial charge in [0.15, 0.2) is 0 Å². The third kappa shape index (κ3) is 6.51. The maximum absolute atomic E-state index is 6.11. The summed E-state index contributed by atoms with van der Waals surface area (Å²) in [6.45, 7) is 12.1. The summed E-state index contributed by atoms with van der Waals surface area (Å²) < 4.78 is 22.9. The van der Waals surface area contributed by atoms with Crippen molar-refractivity contribution in [1.82, 2.24) is 0 Å². The van der Waals surface area contributed by atoms with E-state index in [2.05, 4.69) is 64.1 Å². The van der Waals surface area contributed by atoms with E-state index in [1.165, 1.54) is 35.1 Å². The largest absolute Gasteiger partial charge is 0.491 e. The van der Waals surface area contributed by atoms with Crippen LogP contribution >= 0.6 is 0 Å². The van der Waals surface area contributed by atoms with Crippen LogP contribution < -0.4 is 9.47 Å². The van der Waals surface area contributed by atoms with Gasteiger partial charge in [0.25, 0.3) is 0 Å². The van der Waals surface area contributed by atoms with Gasteiger partial charge in [0.2, 0.25) is 0 Å². The van der Waals surface area contributed by atoms with Gasteiger partial charge in [-0.3, -0.25) is 0 Å². The fraction of sp³-hybridized carbons (Fsp3) is 0.586. The highest BCUT2D eigenvalue weighted by molar-refractivity contribution is 5.48. The van der Waals surface area contributed by atoms with Crippen molar-refractivity contribution in [3.05, 3.63) is 58.7 Å². The summed E-state index contributed by atoms with van der Waals surface area (Å²) in [5.74, 6) is 2.02. The first kappa shape index (κ1) is 24.1. The minimum absolute atomic E-state index is 0.113. The second-order valence-corrected chi connectivity index (χ2v) is 10.0. The number of rotatable bonds is 14. The lowest BCUT2D eigenvalue weighted by atomic mass is 9.76. The fourth-order valence-corrected chi connectivity index (χ4v) is 4.20. The molecule has 0 radical (unpaired) electrons. The summed E-state index contributed by atoms with van der Waals surface area (Å²) >= 11 is 0. The zero-order valence-corrected chi connectivity index (χ0v) is 20.8. The Kier molecular flexibility index (Phi) is 7.98. The monoisotopic (exact) mass is 452 g/mol. The molecule has 2 heterocycles. The smallest absolute Gasteiger partial charge is 0.122 e. The Bertz CT molecular complexity index is 838. The molecule has 0 N–H and O–H groups in total. The average Bonchev–Trinajstić information content (AvgIpc) is 3.74. The number of epoxide rings is 2. The number of aryl methyl sites for hydroxylation is 2. The molecule has 180 valence electrons. The van der Waals surface area contributed by atoms with Crippen molar-refractivity contribution >= 4 is 0 Å². The fourth-order valence-electron chi connectivity index (χ4n) is 4.20. The van der Waals surface area contributed by atoms with Gasteiger partial charge in [0.05, 0.1) is 13.2 Å². The summed E-state index contributed by atoms with van der Waals surface area (Å²) in [6.07, 6.45) is 7.30. The number of ether oxygens (including phenoxy) is 4. The van der Waals surface area contributed by atoms with E-state index in [9.17, 15) is 0 Å². The molecule has 2 unspecified atom stereocenters. The van der Waals surface area contributed by atoms with Crippen LogP contribution in [-0.2, 0) is 27.7 Å². The molecule has 2 saturated heterocycles. The van der Waals surface area contributed by atoms with Crippen LogP contribution in [0.1, 0.15) is 75.6 Å². The Morgan fingerprint density at radius 1 is 0.758 bits per heavy atom. The summed E-state index contributed by atoms with van der Waals surface area (Å²) in [4.78, 5) is 0. The molecule has 0 saturated carbocycles. The van der Waals surface area contributed by atoms with E-state index in [1.807, 2.05) is 0 Å². The van der Waals surface area contributed by atoms with Crippen LogP contribution in [0.25, 0.3) is 0 Å². The number of hydrogen-bond donors (Lipinski definition) is 0. The highest BCUT2D eigenvalue weighted by Gasteiger charge is 2.28. The van der Waals surface area contributed by atoms with Crippen molar-refractivity contribution in [3.63, 3.8) is 0 Å². The third-order valence-corrected chi connectivity index (χ3v) is 6.82. The van der Waals surface area contributed by atoms with Crippen LogP contribution in [0, 0.1) is 0 Å². The first-order chi connectivity index (χ1) is 16.0. The summed E-state index contributed by atoms with van der Waals surface area (Å²) in [6, 6.07) is 13.5. The van der Waals surface area contributed by atoms with Crippen molar-refractivity contribution in [2.75, 3.05) is 26.4 Å². The Balaban J connectivity index is 1.58. The highest BCUT2D eigenvalue weighted by atomic mass is 16.6. The van der Waals surface area contributed by atoms with Crippen LogP contribution in [0.4, 0.5) is 0 Å².